The molecule has 0 aliphatic heterocycles. The molecule has 0 saturated carbocycles. The molecule has 2 rings (SSSR count). The van der Waals surface area contributed by atoms with Crippen molar-refractivity contribution in [2.24, 2.45) is 0 Å². The summed E-state index contributed by atoms with van der Waals surface area (Å²) < 4.78 is 26.7. The van der Waals surface area contributed by atoms with Crippen LogP contribution in [0, 0.1) is 6.92 Å². The lowest BCUT2D eigenvalue weighted by molar-refractivity contribution is 0.601. The van der Waals surface area contributed by atoms with Crippen LogP contribution in [0.1, 0.15) is 30.3 Å². The fourth-order valence-electron chi connectivity index (χ4n) is 1.40. The van der Waals surface area contributed by atoms with Crippen LogP contribution in [0.3, 0.4) is 0 Å². The van der Waals surface area contributed by atoms with E-state index in [4.69, 9.17) is 0 Å². The number of nitrogens with one attached hydrogen (secondary N) is 1. The Hall–Kier alpha value is -1.47. The third-order valence-electron chi connectivity index (χ3n) is 2.49. The minimum absolute atomic E-state index is 0.222. The van der Waals surface area contributed by atoms with E-state index in [1.165, 1.54) is 11.3 Å². The molecular weight excluding hydrogens is 282 g/mol. The van der Waals surface area contributed by atoms with Crippen LogP contribution in [0.5, 0.6) is 0 Å². The van der Waals surface area contributed by atoms with Gasteiger partial charge < -0.3 is 0 Å². The van der Waals surface area contributed by atoms with Crippen LogP contribution in [0.2, 0.25) is 0 Å². The normalized spacial score (nSPS) is 11.8. The largest absolute Gasteiger partial charge is 0.263 e. The van der Waals surface area contributed by atoms with E-state index in [1.54, 1.807) is 24.3 Å². The Morgan fingerprint density at radius 3 is 2.32 bits per heavy atom. The SMILES string of the molecule is Cc1ccc(S(=O)(=O)Nc2nnc(C(C)C)s2)cc1. The highest BCUT2D eigenvalue weighted by atomic mass is 32.2. The number of benzene rings is 1. The molecular formula is C12H15N3O2S2. The zero-order chi connectivity index (χ0) is 14.0. The standard InChI is InChI=1S/C12H15N3O2S2/c1-8(2)11-13-14-12(18-11)15-19(16,17)10-6-4-9(3)5-7-10/h4-8H,1-3H3,(H,14,15). The van der Waals surface area contributed by atoms with Gasteiger partial charge in [-0.15, -0.1) is 10.2 Å². The second-order valence-corrected chi connectivity index (χ2v) is 7.21. The van der Waals surface area contributed by atoms with Crippen molar-refractivity contribution in [1.82, 2.24) is 10.2 Å². The summed E-state index contributed by atoms with van der Waals surface area (Å²) in [5.74, 6) is 0.232. The van der Waals surface area contributed by atoms with Crippen molar-refractivity contribution in [1.29, 1.82) is 0 Å². The average molecular weight is 297 g/mol. The lowest BCUT2D eigenvalue weighted by Crippen LogP contribution is -2.12. The molecule has 0 radical (unpaired) electrons. The van der Waals surface area contributed by atoms with Crippen molar-refractivity contribution >= 4 is 26.5 Å². The molecule has 0 bridgehead atoms. The maximum Gasteiger partial charge on any atom is 0.263 e. The Balaban J connectivity index is 2.23. The van der Waals surface area contributed by atoms with Gasteiger partial charge in [0.1, 0.15) is 5.01 Å². The molecule has 1 aromatic heterocycles. The zero-order valence-electron chi connectivity index (χ0n) is 10.9. The monoisotopic (exact) mass is 297 g/mol. The summed E-state index contributed by atoms with van der Waals surface area (Å²) >= 11 is 1.25. The Morgan fingerprint density at radius 2 is 1.79 bits per heavy atom. The summed E-state index contributed by atoms with van der Waals surface area (Å²) in [7, 11) is -3.58. The fourth-order valence-corrected chi connectivity index (χ4v) is 3.38. The third-order valence-corrected chi connectivity index (χ3v) is 5.11. The van der Waals surface area contributed by atoms with Crippen LogP contribution < -0.4 is 4.72 Å². The third kappa shape index (κ3) is 3.30. The first kappa shape index (κ1) is 14.0. The number of rotatable bonds is 4. The van der Waals surface area contributed by atoms with Gasteiger partial charge in [0.2, 0.25) is 5.13 Å². The summed E-state index contributed by atoms with van der Waals surface area (Å²) in [6, 6.07) is 6.66. The average Bonchev–Trinajstić information content (AvgIpc) is 2.77. The molecule has 1 aromatic carbocycles. The number of aryl methyl sites for hydroxylation is 1. The summed E-state index contributed by atoms with van der Waals surface area (Å²) in [6.07, 6.45) is 0. The van der Waals surface area contributed by atoms with Crippen molar-refractivity contribution in [2.75, 3.05) is 4.72 Å². The minimum Gasteiger partial charge on any atom is -0.253 e. The van der Waals surface area contributed by atoms with Gasteiger partial charge in [-0.25, -0.2) is 8.42 Å². The summed E-state index contributed by atoms with van der Waals surface area (Å²) in [5, 5.41) is 8.90. The molecule has 7 heteroatoms. The molecule has 0 aliphatic rings. The number of anilines is 1. The van der Waals surface area contributed by atoms with Gasteiger partial charge in [0.15, 0.2) is 0 Å². The Labute approximate surface area is 116 Å². The fraction of sp³-hybridized carbons (Fsp3) is 0.333. The number of hydrogen-bond donors (Lipinski definition) is 1. The highest BCUT2D eigenvalue weighted by Crippen LogP contribution is 2.24. The van der Waals surface area contributed by atoms with Crippen molar-refractivity contribution in [3.8, 4) is 0 Å². The van der Waals surface area contributed by atoms with Gasteiger partial charge in [-0.2, -0.15) is 0 Å². The number of hydrogen-bond acceptors (Lipinski definition) is 5. The Bertz CT molecular complexity index is 661. The number of aromatic nitrogens is 2. The minimum atomic E-state index is -3.58. The van der Waals surface area contributed by atoms with Gasteiger partial charge in [-0.1, -0.05) is 42.9 Å². The van der Waals surface area contributed by atoms with E-state index in [0.29, 0.717) is 5.13 Å². The zero-order valence-corrected chi connectivity index (χ0v) is 12.5. The molecule has 0 unspecified atom stereocenters. The van der Waals surface area contributed by atoms with Gasteiger partial charge in [0.05, 0.1) is 4.90 Å². The lowest BCUT2D eigenvalue weighted by Gasteiger charge is -2.04. The first-order valence-corrected chi connectivity index (χ1v) is 8.11. The van der Waals surface area contributed by atoms with Crippen molar-refractivity contribution in [3.63, 3.8) is 0 Å². The van der Waals surface area contributed by atoms with Gasteiger partial charge in [0, 0.05) is 5.92 Å². The molecule has 2 aromatic rings. The lowest BCUT2D eigenvalue weighted by atomic mass is 10.2. The van der Waals surface area contributed by atoms with E-state index in [-0.39, 0.29) is 10.8 Å². The number of sulfonamides is 1. The molecule has 19 heavy (non-hydrogen) atoms. The predicted octanol–water partition coefficient (Wildman–Crippen LogP) is 2.77. The first-order valence-electron chi connectivity index (χ1n) is 5.81. The van der Waals surface area contributed by atoms with E-state index >= 15 is 0 Å². The van der Waals surface area contributed by atoms with E-state index in [2.05, 4.69) is 14.9 Å². The van der Waals surface area contributed by atoms with E-state index in [1.807, 2.05) is 20.8 Å². The second-order valence-electron chi connectivity index (χ2n) is 4.52. The molecule has 5 nitrogen and oxygen atoms in total. The van der Waals surface area contributed by atoms with Gasteiger partial charge in [0.25, 0.3) is 10.0 Å². The smallest absolute Gasteiger partial charge is 0.253 e. The van der Waals surface area contributed by atoms with Crippen LogP contribution in [-0.2, 0) is 10.0 Å². The molecule has 0 amide bonds. The highest BCUT2D eigenvalue weighted by Gasteiger charge is 2.17. The first-order chi connectivity index (χ1) is 8.88. The van der Waals surface area contributed by atoms with Crippen LogP contribution in [0.4, 0.5) is 5.13 Å². The molecule has 0 spiro atoms. The Kier molecular flexibility index (Phi) is 3.86. The van der Waals surface area contributed by atoms with Crippen molar-refractivity contribution in [2.45, 2.75) is 31.6 Å². The predicted molar refractivity (Wildman–Crippen MR) is 76.0 cm³/mol. The van der Waals surface area contributed by atoms with E-state index in [9.17, 15) is 8.42 Å². The van der Waals surface area contributed by atoms with Gasteiger partial charge in [-0.05, 0) is 19.1 Å². The van der Waals surface area contributed by atoms with Crippen molar-refractivity contribution < 1.29 is 8.42 Å². The summed E-state index contributed by atoms with van der Waals surface area (Å²) in [5.41, 5.74) is 1.01. The molecule has 1 heterocycles. The topological polar surface area (TPSA) is 72.0 Å². The molecule has 0 aliphatic carbocycles. The maximum atomic E-state index is 12.1. The van der Waals surface area contributed by atoms with Gasteiger partial charge in [-0.3, -0.25) is 4.72 Å². The molecule has 102 valence electrons. The van der Waals surface area contributed by atoms with Crippen LogP contribution in [-0.4, -0.2) is 18.6 Å². The summed E-state index contributed by atoms with van der Waals surface area (Å²) in [6.45, 7) is 5.88. The molecule has 0 fully saturated rings. The van der Waals surface area contributed by atoms with Gasteiger partial charge >= 0.3 is 0 Å². The Morgan fingerprint density at radius 1 is 1.16 bits per heavy atom. The van der Waals surface area contributed by atoms with Crippen molar-refractivity contribution in [3.05, 3.63) is 34.8 Å². The molecule has 0 saturated heterocycles. The molecule has 0 atom stereocenters. The highest BCUT2D eigenvalue weighted by molar-refractivity contribution is 7.93. The van der Waals surface area contributed by atoms with Crippen LogP contribution in [0.25, 0.3) is 0 Å². The molecule has 1 N–H and O–H groups in total. The second kappa shape index (κ2) is 5.26. The van der Waals surface area contributed by atoms with E-state index < -0.39 is 10.0 Å². The summed E-state index contributed by atoms with van der Waals surface area (Å²) in [4.78, 5) is 0.222. The number of nitrogens with zero attached hydrogens (tertiary/aromatic N) is 2. The maximum absolute atomic E-state index is 12.1. The van der Waals surface area contributed by atoms with Crippen LogP contribution in [0.15, 0.2) is 29.2 Å². The van der Waals surface area contributed by atoms with Crippen LogP contribution >= 0.6 is 11.3 Å². The quantitative estimate of drug-likeness (QED) is 0.942. The van der Waals surface area contributed by atoms with E-state index in [0.717, 1.165) is 10.6 Å².